The Kier molecular flexibility index (Phi) is 4.15. The molecule has 1 aliphatic rings. The van der Waals surface area contributed by atoms with Gasteiger partial charge in [0.25, 0.3) is 0 Å². The monoisotopic (exact) mass is 233 g/mol. The van der Waals surface area contributed by atoms with Gasteiger partial charge in [-0.1, -0.05) is 6.92 Å². The molecule has 1 N–H and O–H groups in total. The topological polar surface area (TPSA) is 38.3 Å². The van der Waals surface area contributed by atoms with Gasteiger partial charge in [0, 0.05) is 5.56 Å². The molecule has 3 nitrogen and oxygen atoms in total. The Balaban J connectivity index is 1.99. The summed E-state index contributed by atoms with van der Waals surface area (Å²) in [6.45, 7) is 3.75. The van der Waals surface area contributed by atoms with E-state index in [1.54, 1.807) is 0 Å². The molecule has 0 saturated carbocycles. The van der Waals surface area contributed by atoms with E-state index in [1.807, 2.05) is 24.3 Å². The maximum absolute atomic E-state index is 12.1. The largest absolute Gasteiger partial charge is 0.494 e. The lowest BCUT2D eigenvalue weighted by molar-refractivity contribution is 0.0952. The SMILES string of the molecule is CCCOc1ccc(C(=O)C2CCCN2)cc1. The van der Waals surface area contributed by atoms with E-state index in [0.29, 0.717) is 0 Å². The van der Waals surface area contributed by atoms with Crippen LogP contribution in [0.5, 0.6) is 5.75 Å². The molecule has 0 amide bonds. The minimum atomic E-state index is 0.0115. The molecule has 0 spiro atoms. The molecule has 0 radical (unpaired) electrons. The molecule has 1 saturated heterocycles. The minimum Gasteiger partial charge on any atom is -0.494 e. The molecule has 0 bridgehead atoms. The standard InChI is InChI=1S/C14H19NO2/c1-2-10-17-12-7-5-11(6-8-12)14(16)13-4-3-9-15-13/h5-8,13,15H,2-4,9-10H2,1H3. The van der Waals surface area contributed by atoms with Crippen LogP contribution in [0.2, 0.25) is 0 Å². The third-order valence-electron chi connectivity index (χ3n) is 2.99. The van der Waals surface area contributed by atoms with Gasteiger partial charge in [0.15, 0.2) is 5.78 Å². The summed E-state index contributed by atoms with van der Waals surface area (Å²) in [6, 6.07) is 7.47. The fraction of sp³-hybridized carbons (Fsp3) is 0.500. The summed E-state index contributed by atoms with van der Waals surface area (Å²) in [5.41, 5.74) is 0.772. The van der Waals surface area contributed by atoms with Gasteiger partial charge in [-0.05, 0) is 50.1 Å². The number of nitrogens with one attached hydrogen (secondary N) is 1. The maximum atomic E-state index is 12.1. The van der Waals surface area contributed by atoms with Gasteiger partial charge in [0.2, 0.25) is 0 Å². The molecule has 0 aliphatic carbocycles. The Morgan fingerprint density at radius 3 is 2.76 bits per heavy atom. The maximum Gasteiger partial charge on any atom is 0.179 e. The quantitative estimate of drug-likeness (QED) is 0.794. The van der Waals surface area contributed by atoms with Crippen LogP contribution in [0.3, 0.4) is 0 Å². The first-order valence-corrected chi connectivity index (χ1v) is 6.31. The van der Waals surface area contributed by atoms with Crippen molar-refractivity contribution in [2.75, 3.05) is 13.2 Å². The van der Waals surface area contributed by atoms with Gasteiger partial charge in [0.1, 0.15) is 5.75 Å². The lowest BCUT2D eigenvalue weighted by Crippen LogP contribution is -2.30. The van der Waals surface area contributed by atoms with Crippen molar-refractivity contribution in [3.63, 3.8) is 0 Å². The predicted octanol–water partition coefficient (Wildman–Crippen LogP) is 2.41. The van der Waals surface area contributed by atoms with Crippen LogP contribution in [0.1, 0.15) is 36.5 Å². The van der Waals surface area contributed by atoms with Gasteiger partial charge >= 0.3 is 0 Å². The second-order valence-electron chi connectivity index (χ2n) is 4.39. The highest BCUT2D eigenvalue weighted by atomic mass is 16.5. The van der Waals surface area contributed by atoms with Gasteiger partial charge in [0.05, 0.1) is 12.6 Å². The number of hydrogen-bond donors (Lipinski definition) is 1. The highest BCUT2D eigenvalue weighted by Gasteiger charge is 2.22. The number of carbonyl (C=O) groups is 1. The molecule has 1 aromatic rings. The van der Waals surface area contributed by atoms with Crippen molar-refractivity contribution >= 4 is 5.78 Å². The van der Waals surface area contributed by atoms with Gasteiger partial charge in [-0.25, -0.2) is 0 Å². The summed E-state index contributed by atoms with van der Waals surface area (Å²) in [4.78, 5) is 12.1. The number of hydrogen-bond acceptors (Lipinski definition) is 3. The molecule has 1 atom stereocenters. The molecular formula is C14H19NO2. The molecule has 1 fully saturated rings. The summed E-state index contributed by atoms with van der Waals surface area (Å²) in [6.07, 6.45) is 3.04. The Hall–Kier alpha value is -1.35. The number of carbonyl (C=O) groups excluding carboxylic acids is 1. The number of rotatable bonds is 5. The van der Waals surface area contributed by atoms with Crippen molar-refractivity contribution in [1.29, 1.82) is 0 Å². The lowest BCUT2D eigenvalue weighted by Gasteiger charge is -2.09. The van der Waals surface area contributed by atoms with E-state index in [9.17, 15) is 4.79 Å². The molecule has 1 unspecified atom stereocenters. The highest BCUT2D eigenvalue weighted by molar-refractivity contribution is 6.00. The minimum absolute atomic E-state index is 0.0115. The third kappa shape index (κ3) is 3.07. The Morgan fingerprint density at radius 1 is 1.41 bits per heavy atom. The number of Topliss-reactive ketones (excluding diaryl/α,β-unsaturated/α-hetero) is 1. The van der Waals surface area contributed by atoms with Crippen LogP contribution in [0.15, 0.2) is 24.3 Å². The molecule has 17 heavy (non-hydrogen) atoms. The van der Waals surface area contributed by atoms with E-state index in [1.165, 1.54) is 0 Å². The number of benzene rings is 1. The number of ketones is 1. The summed E-state index contributed by atoms with van der Waals surface area (Å²) >= 11 is 0. The van der Waals surface area contributed by atoms with E-state index >= 15 is 0 Å². The van der Waals surface area contributed by atoms with Crippen LogP contribution < -0.4 is 10.1 Å². The lowest BCUT2D eigenvalue weighted by atomic mass is 10.0. The summed E-state index contributed by atoms with van der Waals surface area (Å²) in [7, 11) is 0. The first-order valence-electron chi connectivity index (χ1n) is 6.31. The van der Waals surface area contributed by atoms with E-state index in [2.05, 4.69) is 12.2 Å². The molecular weight excluding hydrogens is 214 g/mol. The Morgan fingerprint density at radius 2 is 2.18 bits per heavy atom. The van der Waals surface area contributed by atoms with E-state index in [0.717, 1.165) is 43.7 Å². The summed E-state index contributed by atoms with van der Waals surface area (Å²) < 4.78 is 5.49. The van der Waals surface area contributed by atoms with Crippen molar-refractivity contribution in [3.05, 3.63) is 29.8 Å². The van der Waals surface area contributed by atoms with E-state index in [4.69, 9.17) is 4.74 Å². The van der Waals surface area contributed by atoms with Crippen LogP contribution >= 0.6 is 0 Å². The van der Waals surface area contributed by atoms with Crippen LogP contribution in [0.4, 0.5) is 0 Å². The van der Waals surface area contributed by atoms with Crippen molar-refractivity contribution in [2.24, 2.45) is 0 Å². The molecule has 1 heterocycles. The fourth-order valence-corrected chi connectivity index (χ4v) is 2.04. The zero-order valence-corrected chi connectivity index (χ0v) is 10.2. The fourth-order valence-electron chi connectivity index (χ4n) is 2.04. The second-order valence-corrected chi connectivity index (χ2v) is 4.39. The van der Waals surface area contributed by atoms with Crippen molar-refractivity contribution < 1.29 is 9.53 Å². The zero-order chi connectivity index (χ0) is 12.1. The molecule has 92 valence electrons. The van der Waals surface area contributed by atoms with E-state index < -0.39 is 0 Å². The Labute approximate surface area is 102 Å². The predicted molar refractivity (Wildman–Crippen MR) is 67.6 cm³/mol. The van der Waals surface area contributed by atoms with Crippen LogP contribution in [-0.4, -0.2) is 25.0 Å². The molecule has 2 rings (SSSR count). The average Bonchev–Trinajstić information content (AvgIpc) is 2.90. The smallest absolute Gasteiger partial charge is 0.179 e. The molecule has 3 heteroatoms. The normalized spacial score (nSPS) is 19.2. The van der Waals surface area contributed by atoms with Gasteiger partial charge < -0.3 is 10.1 Å². The van der Waals surface area contributed by atoms with Crippen molar-refractivity contribution in [2.45, 2.75) is 32.2 Å². The number of ether oxygens (including phenoxy) is 1. The Bertz CT molecular complexity index is 366. The van der Waals surface area contributed by atoms with Crippen LogP contribution in [0.25, 0.3) is 0 Å². The van der Waals surface area contributed by atoms with E-state index in [-0.39, 0.29) is 11.8 Å². The van der Waals surface area contributed by atoms with Crippen LogP contribution in [0, 0.1) is 0 Å². The second kappa shape index (κ2) is 5.82. The third-order valence-corrected chi connectivity index (χ3v) is 2.99. The average molecular weight is 233 g/mol. The van der Waals surface area contributed by atoms with Crippen LogP contribution in [-0.2, 0) is 0 Å². The van der Waals surface area contributed by atoms with Crippen molar-refractivity contribution in [1.82, 2.24) is 5.32 Å². The zero-order valence-electron chi connectivity index (χ0n) is 10.2. The first-order chi connectivity index (χ1) is 8.31. The molecule has 0 aromatic heterocycles. The van der Waals surface area contributed by atoms with Gasteiger partial charge in [-0.15, -0.1) is 0 Å². The molecule has 1 aromatic carbocycles. The summed E-state index contributed by atoms with van der Waals surface area (Å²) in [5.74, 6) is 1.03. The van der Waals surface area contributed by atoms with Gasteiger partial charge in [-0.2, -0.15) is 0 Å². The summed E-state index contributed by atoms with van der Waals surface area (Å²) in [5, 5.41) is 3.22. The first kappa shape index (κ1) is 12.1. The van der Waals surface area contributed by atoms with Crippen molar-refractivity contribution in [3.8, 4) is 5.75 Å². The highest BCUT2D eigenvalue weighted by Crippen LogP contribution is 2.16. The van der Waals surface area contributed by atoms with Gasteiger partial charge in [-0.3, -0.25) is 4.79 Å². The molecule has 1 aliphatic heterocycles.